The van der Waals surface area contributed by atoms with Crippen molar-refractivity contribution in [3.8, 4) is 0 Å². The van der Waals surface area contributed by atoms with Crippen LogP contribution >= 0.6 is 0 Å². The van der Waals surface area contributed by atoms with Gasteiger partial charge in [-0.2, -0.15) is 0 Å². The molecule has 1 aromatic rings. The lowest BCUT2D eigenvalue weighted by Gasteiger charge is -2.11. The van der Waals surface area contributed by atoms with Crippen molar-refractivity contribution in [1.82, 2.24) is 4.98 Å². The first-order valence-corrected chi connectivity index (χ1v) is 5.27. The highest BCUT2D eigenvalue weighted by atomic mass is 14.8. The van der Waals surface area contributed by atoms with Gasteiger partial charge >= 0.3 is 0 Å². The van der Waals surface area contributed by atoms with Crippen LogP contribution in [0.2, 0.25) is 0 Å². The second-order valence-corrected chi connectivity index (χ2v) is 3.90. The molecule has 2 nitrogen and oxygen atoms in total. The summed E-state index contributed by atoms with van der Waals surface area (Å²) < 4.78 is 0. The highest BCUT2D eigenvalue weighted by Gasteiger charge is 2.25. The molecule has 0 N–H and O–H groups in total. The highest BCUT2D eigenvalue weighted by molar-refractivity contribution is 5.92. The Hall–Kier alpha value is -1.18. The monoisotopic (exact) mass is 188 g/mol. The van der Waals surface area contributed by atoms with Gasteiger partial charge in [-0.3, -0.25) is 9.98 Å². The predicted octanol–water partition coefficient (Wildman–Crippen LogP) is 2.81. The summed E-state index contributed by atoms with van der Waals surface area (Å²) in [6.45, 7) is 4.37. The van der Waals surface area contributed by atoms with E-state index in [-0.39, 0.29) is 0 Å². The molecule has 0 unspecified atom stereocenters. The van der Waals surface area contributed by atoms with Gasteiger partial charge in [0.2, 0.25) is 0 Å². The minimum atomic E-state index is 0.482. The van der Waals surface area contributed by atoms with Crippen LogP contribution in [0.3, 0.4) is 0 Å². The molecule has 0 saturated heterocycles. The van der Waals surface area contributed by atoms with Crippen LogP contribution in [0.15, 0.2) is 29.5 Å². The summed E-state index contributed by atoms with van der Waals surface area (Å²) in [6, 6.07) is 4.64. The molecule has 74 valence electrons. The van der Waals surface area contributed by atoms with Crippen molar-refractivity contribution in [3.05, 3.63) is 30.1 Å². The van der Waals surface area contributed by atoms with Gasteiger partial charge in [-0.15, -0.1) is 0 Å². The van der Waals surface area contributed by atoms with Gasteiger partial charge in [-0.25, -0.2) is 0 Å². The van der Waals surface area contributed by atoms with Gasteiger partial charge < -0.3 is 0 Å². The molecule has 0 aliphatic carbocycles. The van der Waals surface area contributed by atoms with Crippen molar-refractivity contribution in [2.75, 3.05) is 0 Å². The number of rotatable bonds is 2. The van der Waals surface area contributed by atoms with E-state index < -0.39 is 0 Å². The van der Waals surface area contributed by atoms with Crippen molar-refractivity contribution < 1.29 is 0 Å². The summed E-state index contributed by atoms with van der Waals surface area (Å²) in [5.74, 6) is 0.517. The van der Waals surface area contributed by atoms with Crippen LogP contribution in [0.1, 0.15) is 38.2 Å². The SMILES string of the molecule is CCC1=N[C@@H](C)C[C@@H]1c1cccnc1. The van der Waals surface area contributed by atoms with E-state index >= 15 is 0 Å². The Morgan fingerprint density at radius 2 is 2.36 bits per heavy atom. The van der Waals surface area contributed by atoms with E-state index in [1.54, 1.807) is 0 Å². The van der Waals surface area contributed by atoms with Crippen molar-refractivity contribution in [2.45, 2.75) is 38.6 Å². The van der Waals surface area contributed by atoms with E-state index in [9.17, 15) is 0 Å². The molecule has 2 heteroatoms. The molecular formula is C12H16N2. The first-order valence-electron chi connectivity index (χ1n) is 5.27. The molecule has 0 aromatic carbocycles. The molecule has 1 aliphatic heterocycles. The largest absolute Gasteiger partial charge is 0.290 e. The van der Waals surface area contributed by atoms with Crippen LogP contribution in [0.4, 0.5) is 0 Å². The Morgan fingerprint density at radius 1 is 1.50 bits per heavy atom. The molecule has 2 atom stereocenters. The Bertz CT molecular complexity index is 329. The summed E-state index contributed by atoms with van der Waals surface area (Å²) in [5.41, 5.74) is 2.66. The second kappa shape index (κ2) is 3.91. The number of hydrogen-bond donors (Lipinski definition) is 0. The van der Waals surface area contributed by atoms with Crippen molar-refractivity contribution in [3.63, 3.8) is 0 Å². The van der Waals surface area contributed by atoms with Crippen molar-refractivity contribution in [1.29, 1.82) is 0 Å². The maximum Gasteiger partial charge on any atom is 0.0480 e. The van der Waals surface area contributed by atoms with Gasteiger partial charge in [0.15, 0.2) is 0 Å². The molecule has 1 aromatic heterocycles. The molecule has 14 heavy (non-hydrogen) atoms. The number of aliphatic imine (C=N–C) groups is 1. The lowest BCUT2D eigenvalue weighted by Crippen LogP contribution is -2.07. The Balaban J connectivity index is 2.25. The Kier molecular flexibility index (Phi) is 2.62. The van der Waals surface area contributed by atoms with Gasteiger partial charge in [0, 0.05) is 30.1 Å². The molecule has 2 rings (SSSR count). The average molecular weight is 188 g/mol. The fourth-order valence-corrected chi connectivity index (χ4v) is 2.15. The minimum absolute atomic E-state index is 0.482. The zero-order chi connectivity index (χ0) is 9.97. The van der Waals surface area contributed by atoms with Crippen LogP contribution < -0.4 is 0 Å². The third-order valence-corrected chi connectivity index (χ3v) is 2.81. The van der Waals surface area contributed by atoms with E-state index in [1.165, 1.54) is 11.3 Å². The van der Waals surface area contributed by atoms with Crippen LogP contribution in [-0.4, -0.2) is 16.7 Å². The van der Waals surface area contributed by atoms with Gasteiger partial charge in [-0.1, -0.05) is 13.0 Å². The molecule has 1 aliphatic rings. The lowest BCUT2D eigenvalue weighted by molar-refractivity contribution is 0.690. The Labute approximate surface area is 85.1 Å². The number of aromatic nitrogens is 1. The van der Waals surface area contributed by atoms with Gasteiger partial charge in [0.1, 0.15) is 0 Å². The summed E-state index contributed by atoms with van der Waals surface area (Å²) in [5, 5.41) is 0. The molecule has 0 spiro atoms. The van der Waals surface area contributed by atoms with E-state index in [2.05, 4.69) is 29.9 Å². The van der Waals surface area contributed by atoms with Crippen molar-refractivity contribution in [2.24, 2.45) is 4.99 Å². The topological polar surface area (TPSA) is 25.2 Å². The van der Waals surface area contributed by atoms with E-state index in [4.69, 9.17) is 0 Å². The maximum absolute atomic E-state index is 4.65. The first kappa shape index (κ1) is 9.38. The van der Waals surface area contributed by atoms with Gasteiger partial charge in [0.05, 0.1) is 0 Å². The summed E-state index contributed by atoms with van der Waals surface area (Å²) in [7, 11) is 0. The zero-order valence-electron chi connectivity index (χ0n) is 8.77. The molecule has 2 heterocycles. The molecule has 0 fully saturated rings. The molecule has 0 amide bonds. The van der Waals surface area contributed by atoms with Gasteiger partial charge in [-0.05, 0) is 31.4 Å². The molecule has 0 saturated carbocycles. The smallest absolute Gasteiger partial charge is 0.0480 e. The average Bonchev–Trinajstić information content (AvgIpc) is 2.61. The normalized spacial score (nSPS) is 26.3. The van der Waals surface area contributed by atoms with E-state index in [0.717, 1.165) is 12.8 Å². The first-order chi connectivity index (χ1) is 6.81. The summed E-state index contributed by atoms with van der Waals surface area (Å²) >= 11 is 0. The molecule has 0 bridgehead atoms. The summed E-state index contributed by atoms with van der Waals surface area (Å²) in [4.78, 5) is 8.82. The zero-order valence-corrected chi connectivity index (χ0v) is 8.77. The fraction of sp³-hybridized carbons (Fsp3) is 0.500. The highest BCUT2D eigenvalue weighted by Crippen LogP contribution is 2.30. The summed E-state index contributed by atoms with van der Waals surface area (Å²) in [6.07, 6.45) is 6.00. The third-order valence-electron chi connectivity index (χ3n) is 2.81. The number of nitrogens with zero attached hydrogens (tertiary/aromatic N) is 2. The maximum atomic E-state index is 4.65. The molecule has 0 radical (unpaired) electrons. The second-order valence-electron chi connectivity index (χ2n) is 3.90. The number of pyridine rings is 1. The third kappa shape index (κ3) is 1.69. The van der Waals surface area contributed by atoms with Gasteiger partial charge in [0.25, 0.3) is 0 Å². The Morgan fingerprint density at radius 3 is 3.00 bits per heavy atom. The fourth-order valence-electron chi connectivity index (χ4n) is 2.15. The van der Waals surface area contributed by atoms with Crippen LogP contribution in [0, 0.1) is 0 Å². The van der Waals surface area contributed by atoms with Crippen LogP contribution in [0.5, 0.6) is 0 Å². The minimum Gasteiger partial charge on any atom is -0.290 e. The van der Waals surface area contributed by atoms with E-state index in [0.29, 0.717) is 12.0 Å². The van der Waals surface area contributed by atoms with Crippen LogP contribution in [-0.2, 0) is 0 Å². The predicted molar refractivity (Wildman–Crippen MR) is 58.8 cm³/mol. The van der Waals surface area contributed by atoms with Crippen molar-refractivity contribution >= 4 is 5.71 Å². The standard InChI is InChI=1S/C12H16N2/c1-3-12-11(7-9(2)14-12)10-5-4-6-13-8-10/h4-6,8-9,11H,3,7H2,1-2H3/t9-,11+/m0/s1. The number of hydrogen-bond acceptors (Lipinski definition) is 2. The molecular weight excluding hydrogens is 172 g/mol. The van der Waals surface area contributed by atoms with Crippen LogP contribution in [0.25, 0.3) is 0 Å². The van der Waals surface area contributed by atoms with E-state index in [1.807, 2.05) is 18.5 Å². The quantitative estimate of drug-likeness (QED) is 0.700. The lowest BCUT2D eigenvalue weighted by atomic mass is 9.92.